The van der Waals surface area contributed by atoms with Crippen LogP contribution in [0.15, 0.2) is 78.2 Å². The van der Waals surface area contributed by atoms with E-state index in [1.54, 1.807) is 12.1 Å². The quantitative estimate of drug-likeness (QED) is 0.187. The van der Waals surface area contributed by atoms with Gasteiger partial charge in [-0.3, -0.25) is 9.59 Å². The first-order valence-electron chi connectivity index (χ1n) is 13.9. The third-order valence-corrected chi connectivity index (χ3v) is 8.08. The van der Waals surface area contributed by atoms with Gasteiger partial charge in [0.25, 0.3) is 5.91 Å². The molecule has 7 nitrogen and oxygen atoms in total. The Balaban J connectivity index is 1.31. The van der Waals surface area contributed by atoms with Gasteiger partial charge in [-0.05, 0) is 77.7 Å². The second-order valence-electron chi connectivity index (χ2n) is 10.4. The number of anilines is 1. The van der Waals surface area contributed by atoms with E-state index in [1.165, 1.54) is 54.8 Å². The predicted molar refractivity (Wildman–Crippen MR) is 159 cm³/mol. The Morgan fingerprint density at radius 1 is 0.925 bits per heavy atom. The van der Waals surface area contributed by atoms with Gasteiger partial charge in [0.2, 0.25) is 0 Å². The maximum absolute atomic E-state index is 12.4. The molecule has 1 aromatic heterocycles. The van der Waals surface area contributed by atoms with Crippen molar-refractivity contribution in [3.8, 4) is 11.3 Å². The number of hydrogen-bond donors (Lipinski definition) is 3. The molecule has 1 saturated carbocycles. The zero-order valence-corrected chi connectivity index (χ0v) is 23.2. The van der Waals surface area contributed by atoms with E-state index in [0.717, 1.165) is 28.9 Å². The van der Waals surface area contributed by atoms with Gasteiger partial charge in [-0.1, -0.05) is 72.3 Å². The van der Waals surface area contributed by atoms with Crippen LogP contribution in [0.4, 0.5) is 5.69 Å². The predicted octanol–water partition coefficient (Wildman–Crippen LogP) is 6.85. The van der Waals surface area contributed by atoms with Gasteiger partial charge in [0.15, 0.2) is 0 Å². The third-order valence-electron chi connectivity index (χ3n) is 7.58. The summed E-state index contributed by atoms with van der Waals surface area (Å²) < 4.78 is 3.98. The van der Waals surface area contributed by atoms with Gasteiger partial charge in [0.1, 0.15) is 5.69 Å². The summed E-state index contributed by atoms with van der Waals surface area (Å²) in [6, 6.07) is 24.9. The third kappa shape index (κ3) is 7.33. The van der Waals surface area contributed by atoms with Gasteiger partial charge in [0, 0.05) is 28.7 Å². The van der Waals surface area contributed by atoms with Crippen LogP contribution in [0.1, 0.15) is 77.5 Å². The molecule has 3 aromatic carbocycles. The van der Waals surface area contributed by atoms with E-state index in [1.807, 2.05) is 17.5 Å². The van der Waals surface area contributed by atoms with Crippen LogP contribution < -0.4 is 10.6 Å². The van der Waals surface area contributed by atoms with Crippen LogP contribution in [-0.2, 0) is 11.2 Å². The second kappa shape index (κ2) is 13.3. The Morgan fingerprint density at radius 3 is 2.30 bits per heavy atom. The van der Waals surface area contributed by atoms with Gasteiger partial charge in [-0.15, -0.1) is 5.10 Å². The number of nitrogens with zero attached hydrogens (tertiary/aromatic N) is 2. The number of hydrogen-bond acceptors (Lipinski definition) is 6. The number of benzene rings is 3. The lowest BCUT2D eigenvalue weighted by Crippen LogP contribution is -2.25. The Labute approximate surface area is 238 Å². The van der Waals surface area contributed by atoms with Crippen LogP contribution in [0, 0.1) is 0 Å². The summed E-state index contributed by atoms with van der Waals surface area (Å²) in [7, 11) is 0. The molecule has 0 radical (unpaired) electrons. The summed E-state index contributed by atoms with van der Waals surface area (Å²) in [6.07, 6.45) is 7.29. The maximum Gasteiger partial charge on any atom is 0.305 e. The monoisotopic (exact) mass is 554 g/mol. The van der Waals surface area contributed by atoms with Crippen molar-refractivity contribution < 1.29 is 14.7 Å². The lowest BCUT2D eigenvalue weighted by atomic mass is 9.83. The molecule has 1 unspecified atom stereocenters. The van der Waals surface area contributed by atoms with Crippen molar-refractivity contribution in [2.24, 2.45) is 0 Å². The lowest BCUT2D eigenvalue weighted by molar-refractivity contribution is -0.136. The number of carboxylic acid groups (broad SMARTS) is 1. The highest BCUT2D eigenvalue weighted by Gasteiger charge is 2.17. The number of aliphatic carboxylic acids is 1. The van der Waals surface area contributed by atoms with E-state index >= 15 is 0 Å². The second-order valence-corrected chi connectivity index (χ2v) is 11.0. The van der Waals surface area contributed by atoms with E-state index < -0.39 is 5.97 Å². The number of amides is 1. The summed E-state index contributed by atoms with van der Waals surface area (Å²) in [5, 5.41) is 21.2. The first kappa shape index (κ1) is 27.5. The molecule has 206 valence electrons. The van der Waals surface area contributed by atoms with Crippen LogP contribution in [-0.4, -0.2) is 33.1 Å². The molecular formula is C32H34N4O3S. The Kier molecular flexibility index (Phi) is 9.18. The number of rotatable bonds is 11. The average Bonchev–Trinajstić information content (AvgIpc) is 3.53. The molecule has 1 aliphatic rings. The van der Waals surface area contributed by atoms with E-state index in [4.69, 9.17) is 5.11 Å². The number of carboxylic acids is 1. The van der Waals surface area contributed by atoms with E-state index in [9.17, 15) is 9.59 Å². The smallest absolute Gasteiger partial charge is 0.305 e. The van der Waals surface area contributed by atoms with E-state index in [-0.39, 0.29) is 24.9 Å². The fourth-order valence-corrected chi connectivity index (χ4v) is 5.80. The molecule has 1 heterocycles. The highest BCUT2D eigenvalue weighted by Crippen LogP contribution is 2.33. The summed E-state index contributed by atoms with van der Waals surface area (Å²) in [5.41, 5.74) is 7.16. The van der Waals surface area contributed by atoms with Gasteiger partial charge in [0.05, 0.1) is 12.5 Å². The first-order chi connectivity index (χ1) is 19.5. The number of nitrogens with one attached hydrogen (secondary N) is 2. The summed E-state index contributed by atoms with van der Waals surface area (Å²) in [5.74, 6) is -0.537. The summed E-state index contributed by atoms with van der Waals surface area (Å²) in [4.78, 5) is 23.1. The van der Waals surface area contributed by atoms with Crippen molar-refractivity contribution >= 4 is 29.1 Å². The van der Waals surface area contributed by atoms with Crippen LogP contribution in [0.3, 0.4) is 0 Å². The molecule has 1 atom stereocenters. The molecule has 1 fully saturated rings. The molecule has 40 heavy (non-hydrogen) atoms. The SMILES string of the molecule is O=C(O)CCNC(=O)c1ccc(NC(Cc2ccc(C3CCCCC3)cc2)c2ccc(-c3csnn3)cc2)cc1. The largest absolute Gasteiger partial charge is 0.481 e. The highest BCUT2D eigenvalue weighted by molar-refractivity contribution is 7.03. The van der Waals surface area contributed by atoms with Crippen LogP contribution in [0.5, 0.6) is 0 Å². The van der Waals surface area contributed by atoms with Crippen molar-refractivity contribution in [2.75, 3.05) is 11.9 Å². The molecule has 4 aromatic rings. The molecular weight excluding hydrogens is 520 g/mol. The minimum Gasteiger partial charge on any atom is -0.481 e. The average molecular weight is 555 g/mol. The Hall–Kier alpha value is -4.04. The summed E-state index contributed by atoms with van der Waals surface area (Å²) in [6.45, 7) is 0.0999. The molecule has 1 amide bonds. The first-order valence-corrected chi connectivity index (χ1v) is 14.7. The van der Waals surface area contributed by atoms with E-state index in [0.29, 0.717) is 11.5 Å². The standard InChI is InChI=1S/C32H34N4O3S/c37-31(38)18-19-33-32(39)27-14-16-28(17-15-27)34-29(25-10-12-26(13-11-25)30-21-40-36-35-30)20-22-6-8-24(9-7-22)23-4-2-1-3-5-23/h6-17,21,23,29,34H,1-5,18-20H2,(H,33,39)(H,37,38). The normalized spacial score (nSPS) is 14.4. The van der Waals surface area contributed by atoms with Crippen LogP contribution >= 0.6 is 11.5 Å². The molecule has 5 rings (SSSR count). The summed E-state index contributed by atoms with van der Waals surface area (Å²) >= 11 is 1.34. The van der Waals surface area contributed by atoms with Crippen molar-refractivity contribution in [1.29, 1.82) is 0 Å². The number of carbonyl (C=O) groups is 2. The minimum atomic E-state index is -0.939. The molecule has 0 saturated heterocycles. The van der Waals surface area contributed by atoms with E-state index in [2.05, 4.69) is 68.8 Å². The fourth-order valence-electron chi connectivity index (χ4n) is 5.33. The fraction of sp³-hybridized carbons (Fsp3) is 0.312. The van der Waals surface area contributed by atoms with Crippen molar-refractivity contribution in [3.05, 3.63) is 100 Å². The van der Waals surface area contributed by atoms with Gasteiger partial charge >= 0.3 is 5.97 Å². The van der Waals surface area contributed by atoms with Crippen molar-refractivity contribution in [3.63, 3.8) is 0 Å². The van der Waals surface area contributed by atoms with Gasteiger partial charge in [-0.25, -0.2) is 0 Å². The highest BCUT2D eigenvalue weighted by atomic mass is 32.1. The molecule has 0 bridgehead atoms. The number of carbonyl (C=O) groups excluding carboxylic acids is 1. The van der Waals surface area contributed by atoms with Crippen molar-refractivity contribution in [2.45, 2.75) is 56.9 Å². The zero-order chi connectivity index (χ0) is 27.7. The van der Waals surface area contributed by atoms with Gasteiger partial charge < -0.3 is 15.7 Å². The van der Waals surface area contributed by atoms with Gasteiger partial charge in [-0.2, -0.15) is 0 Å². The molecule has 8 heteroatoms. The molecule has 3 N–H and O–H groups in total. The topological polar surface area (TPSA) is 104 Å². The Bertz CT molecular complexity index is 1380. The van der Waals surface area contributed by atoms with Crippen molar-refractivity contribution in [1.82, 2.24) is 14.9 Å². The molecule has 1 aliphatic carbocycles. The van der Waals surface area contributed by atoms with Crippen LogP contribution in [0.2, 0.25) is 0 Å². The molecule has 0 spiro atoms. The minimum absolute atomic E-state index is 0.0124. The van der Waals surface area contributed by atoms with Crippen LogP contribution in [0.25, 0.3) is 11.3 Å². The Morgan fingerprint density at radius 2 is 1.65 bits per heavy atom. The molecule has 0 aliphatic heterocycles. The lowest BCUT2D eigenvalue weighted by Gasteiger charge is -2.23. The maximum atomic E-state index is 12.4. The zero-order valence-electron chi connectivity index (χ0n) is 22.4. The number of aromatic nitrogens is 2.